The molecule has 0 aliphatic rings. The summed E-state index contributed by atoms with van der Waals surface area (Å²) in [6.45, 7) is 2.11. The van der Waals surface area contributed by atoms with Gasteiger partial charge in [-0.15, -0.1) is 11.3 Å². The second-order valence-electron chi connectivity index (χ2n) is 2.98. The molecule has 0 bridgehead atoms. The first-order valence-electron chi connectivity index (χ1n) is 4.51. The molecule has 14 heavy (non-hydrogen) atoms. The van der Waals surface area contributed by atoms with Gasteiger partial charge in [0.1, 0.15) is 10.8 Å². The number of hydrogen-bond acceptors (Lipinski definition) is 4. The minimum atomic E-state index is 0.151. The minimum Gasteiger partial charge on any atom is -0.383 e. The number of thiazole rings is 1. The lowest BCUT2D eigenvalue weighted by Gasteiger charge is -1.96. The fraction of sp³-hybridized carbons (Fsp3) is 0.556. The molecule has 0 saturated heterocycles. The Morgan fingerprint density at radius 1 is 1.64 bits per heavy atom. The van der Waals surface area contributed by atoms with Crippen molar-refractivity contribution in [3.63, 3.8) is 0 Å². The van der Waals surface area contributed by atoms with E-state index in [2.05, 4.69) is 11.9 Å². The van der Waals surface area contributed by atoms with E-state index in [9.17, 15) is 0 Å². The van der Waals surface area contributed by atoms with Crippen LogP contribution < -0.4 is 5.73 Å². The number of thioether (sulfide) groups is 1. The molecule has 0 fully saturated rings. The number of rotatable bonds is 5. The maximum absolute atomic E-state index is 7.44. The molecule has 0 unspecified atom stereocenters. The Hall–Kier alpha value is -0.550. The molecule has 0 spiro atoms. The Morgan fingerprint density at radius 3 is 2.86 bits per heavy atom. The smallest absolute Gasteiger partial charge is 0.135 e. The first-order chi connectivity index (χ1) is 6.69. The van der Waals surface area contributed by atoms with Gasteiger partial charge in [-0.2, -0.15) is 11.8 Å². The molecule has 78 valence electrons. The van der Waals surface area contributed by atoms with Crippen LogP contribution in [0.5, 0.6) is 0 Å². The first-order valence-corrected chi connectivity index (χ1v) is 6.72. The highest BCUT2D eigenvalue weighted by molar-refractivity contribution is 7.97. The van der Waals surface area contributed by atoms with Gasteiger partial charge in [-0.25, -0.2) is 4.98 Å². The van der Waals surface area contributed by atoms with Gasteiger partial charge in [0.25, 0.3) is 0 Å². The summed E-state index contributed by atoms with van der Waals surface area (Å²) in [7, 11) is 0. The van der Waals surface area contributed by atoms with Crippen LogP contribution in [0.1, 0.15) is 28.9 Å². The summed E-state index contributed by atoms with van der Waals surface area (Å²) in [5.41, 5.74) is 6.50. The summed E-state index contributed by atoms with van der Waals surface area (Å²) in [4.78, 5) is 5.35. The Bertz CT molecular complexity index is 320. The molecule has 0 aliphatic heterocycles. The molecule has 0 amide bonds. The number of aromatic nitrogens is 1. The van der Waals surface area contributed by atoms with Gasteiger partial charge >= 0.3 is 0 Å². The third kappa shape index (κ3) is 2.72. The van der Waals surface area contributed by atoms with E-state index < -0.39 is 0 Å². The van der Waals surface area contributed by atoms with Crippen molar-refractivity contribution in [3.8, 4) is 0 Å². The second-order valence-corrected chi connectivity index (χ2v) is 4.93. The fourth-order valence-corrected chi connectivity index (χ4v) is 2.87. The Kier molecular flexibility index (Phi) is 4.41. The number of aryl methyl sites for hydroxylation is 1. The van der Waals surface area contributed by atoms with E-state index in [1.165, 1.54) is 0 Å². The molecular formula is C9H15N3S2. The summed E-state index contributed by atoms with van der Waals surface area (Å²) < 4.78 is 0. The Balaban J connectivity index is 2.93. The van der Waals surface area contributed by atoms with Crippen LogP contribution in [0.2, 0.25) is 0 Å². The zero-order chi connectivity index (χ0) is 10.6. The molecule has 1 aromatic rings. The average molecular weight is 229 g/mol. The fourth-order valence-electron chi connectivity index (χ4n) is 1.20. The summed E-state index contributed by atoms with van der Waals surface area (Å²) in [6, 6.07) is 0. The van der Waals surface area contributed by atoms with Gasteiger partial charge in [-0.05, 0) is 12.7 Å². The van der Waals surface area contributed by atoms with Crippen LogP contribution in [0.3, 0.4) is 0 Å². The van der Waals surface area contributed by atoms with Crippen molar-refractivity contribution >= 4 is 28.9 Å². The molecular weight excluding hydrogens is 214 g/mol. The molecule has 1 rings (SSSR count). The highest BCUT2D eigenvalue weighted by Gasteiger charge is 2.12. The molecule has 1 heterocycles. The van der Waals surface area contributed by atoms with Crippen LogP contribution in [-0.2, 0) is 12.2 Å². The van der Waals surface area contributed by atoms with Gasteiger partial charge < -0.3 is 5.73 Å². The second kappa shape index (κ2) is 5.36. The van der Waals surface area contributed by atoms with E-state index in [0.717, 1.165) is 34.2 Å². The quantitative estimate of drug-likeness (QED) is 0.601. The van der Waals surface area contributed by atoms with E-state index in [-0.39, 0.29) is 5.84 Å². The summed E-state index contributed by atoms with van der Waals surface area (Å²) in [6.07, 6.45) is 4.01. The number of hydrogen-bond donors (Lipinski definition) is 2. The SMILES string of the molecule is CCCc1nc(CSC)sc1C(=N)N. The van der Waals surface area contributed by atoms with Gasteiger partial charge in [0, 0.05) is 5.75 Å². The van der Waals surface area contributed by atoms with E-state index in [4.69, 9.17) is 11.1 Å². The van der Waals surface area contributed by atoms with E-state index in [1.54, 1.807) is 23.1 Å². The average Bonchev–Trinajstić information content (AvgIpc) is 2.49. The lowest BCUT2D eigenvalue weighted by molar-refractivity contribution is 0.884. The maximum atomic E-state index is 7.44. The van der Waals surface area contributed by atoms with Crippen molar-refractivity contribution < 1.29 is 0 Å². The van der Waals surface area contributed by atoms with Gasteiger partial charge in [0.15, 0.2) is 0 Å². The lowest BCUT2D eigenvalue weighted by atomic mass is 10.2. The van der Waals surface area contributed by atoms with Crippen LogP contribution in [0, 0.1) is 5.41 Å². The molecule has 0 radical (unpaired) electrons. The topological polar surface area (TPSA) is 62.8 Å². The lowest BCUT2D eigenvalue weighted by Crippen LogP contribution is -2.11. The highest BCUT2D eigenvalue weighted by atomic mass is 32.2. The molecule has 5 heteroatoms. The van der Waals surface area contributed by atoms with Crippen molar-refractivity contribution in [2.75, 3.05) is 6.26 Å². The number of amidine groups is 1. The largest absolute Gasteiger partial charge is 0.383 e. The van der Waals surface area contributed by atoms with Crippen molar-refractivity contribution in [1.82, 2.24) is 4.98 Å². The first kappa shape index (κ1) is 11.5. The number of nitrogen functional groups attached to an aromatic ring is 1. The molecule has 0 aliphatic carbocycles. The van der Waals surface area contributed by atoms with Crippen molar-refractivity contribution in [2.24, 2.45) is 5.73 Å². The molecule has 3 N–H and O–H groups in total. The predicted octanol–water partition coefficient (Wildman–Crippen LogP) is 2.24. The Labute approximate surface area is 92.6 Å². The molecule has 1 aromatic heterocycles. The van der Waals surface area contributed by atoms with Crippen LogP contribution in [0.4, 0.5) is 0 Å². The van der Waals surface area contributed by atoms with Crippen molar-refractivity contribution in [3.05, 3.63) is 15.6 Å². The third-order valence-electron chi connectivity index (χ3n) is 1.74. The van der Waals surface area contributed by atoms with Crippen molar-refractivity contribution in [2.45, 2.75) is 25.5 Å². The zero-order valence-corrected chi connectivity index (χ0v) is 10.1. The zero-order valence-electron chi connectivity index (χ0n) is 8.46. The monoisotopic (exact) mass is 229 g/mol. The van der Waals surface area contributed by atoms with Crippen LogP contribution in [-0.4, -0.2) is 17.1 Å². The van der Waals surface area contributed by atoms with Gasteiger partial charge in [-0.1, -0.05) is 13.3 Å². The van der Waals surface area contributed by atoms with Crippen LogP contribution >= 0.6 is 23.1 Å². The standard InChI is InChI=1S/C9H15N3S2/c1-3-4-6-8(9(10)11)14-7(12-6)5-13-2/h3-5H2,1-2H3,(H3,10,11). The molecule has 0 atom stereocenters. The maximum Gasteiger partial charge on any atom is 0.135 e. The predicted molar refractivity (Wildman–Crippen MR) is 64.3 cm³/mol. The highest BCUT2D eigenvalue weighted by Crippen LogP contribution is 2.22. The summed E-state index contributed by atoms with van der Waals surface area (Å²) in [5, 5.41) is 8.52. The summed E-state index contributed by atoms with van der Waals surface area (Å²) in [5.74, 6) is 1.06. The number of nitrogens with one attached hydrogen (secondary N) is 1. The van der Waals surface area contributed by atoms with Gasteiger partial charge in [0.2, 0.25) is 0 Å². The van der Waals surface area contributed by atoms with E-state index in [1.807, 2.05) is 6.26 Å². The number of nitrogens with zero attached hydrogens (tertiary/aromatic N) is 1. The van der Waals surface area contributed by atoms with E-state index in [0.29, 0.717) is 0 Å². The number of nitrogens with two attached hydrogens (primary N) is 1. The summed E-state index contributed by atoms with van der Waals surface area (Å²) >= 11 is 3.29. The van der Waals surface area contributed by atoms with Gasteiger partial charge in [-0.3, -0.25) is 5.41 Å². The third-order valence-corrected chi connectivity index (χ3v) is 3.62. The van der Waals surface area contributed by atoms with Crippen LogP contribution in [0.25, 0.3) is 0 Å². The minimum absolute atomic E-state index is 0.151. The van der Waals surface area contributed by atoms with E-state index >= 15 is 0 Å². The Morgan fingerprint density at radius 2 is 2.36 bits per heavy atom. The molecule has 0 aromatic carbocycles. The van der Waals surface area contributed by atoms with Crippen LogP contribution in [0.15, 0.2) is 0 Å². The van der Waals surface area contributed by atoms with Crippen molar-refractivity contribution in [1.29, 1.82) is 5.41 Å². The molecule has 3 nitrogen and oxygen atoms in total. The normalized spacial score (nSPS) is 10.4. The molecule has 0 saturated carbocycles. The van der Waals surface area contributed by atoms with Gasteiger partial charge in [0.05, 0.1) is 10.6 Å².